The molecule has 0 rings (SSSR count). The molecular weight excluding hydrogens is 158 g/mol. The molecule has 64 valence electrons. The first-order valence-corrected chi connectivity index (χ1v) is 2.86. The molecule has 5 heteroatoms. The zero-order chi connectivity index (χ0) is 9.23. The third-order valence-electron chi connectivity index (χ3n) is 1.35. The van der Waals surface area contributed by atoms with Crippen LogP contribution in [0.4, 0.5) is 8.78 Å². The average molecular weight is 166 g/mol. The Bertz CT molecular complexity index is 186. The normalized spacial score (nSPS) is 11.7. The standard InChI is InChI=1S/C6H8F2O3/c1-6(2,5(10)11)3(9)4(7)8/h4H,1-2H3,(H,10,11). The molecule has 0 heterocycles. The van der Waals surface area contributed by atoms with Crippen LogP contribution in [0.3, 0.4) is 0 Å². The molecule has 0 radical (unpaired) electrons. The second kappa shape index (κ2) is 2.94. The minimum atomic E-state index is -3.22. The summed E-state index contributed by atoms with van der Waals surface area (Å²) in [5.74, 6) is -3.10. The fourth-order valence-electron chi connectivity index (χ4n) is 0.378. The van der Waals surface area contributed by atoms with E-state index in [9.17, 15) is 18.4 Å². The molecule has 0 spiro atoms. The van der Waals surface area contributed by atoms with Crippen LogP contribution in [0.25, 0.3) is 0 Å². The summed E-state index contributed by atoms with van der Waals surface area (Å²) < 4.78 is 23.3. The molecule has 0 saturated carbocycles. The molecular formula is C6H8F2O3. The first-order chi connectivity index (χ1) is 4.80. The molecule has 0 unspecified atom stereocenters. The SMILES string of the molecule is CC(C)(C(=O)O)C(=O)C(F)F. The van der Waals surface area contributed by atoms with Crippen LogP contribution in [0.5, 0.6) is 0 Å². The molecule has 0 aromatic rings. The predicted molar refractivity (Wildman–Crippen MR) is 32.4 cm³/mol. The molecule has 0 aliphatic heterocycles. The van der Waals surface area contributed by atoms with Crippen LogP contribution in [0.1, 0.15) is 13.8 Å². The van der Waals surface area contributed by atoms with Crippen LogP contribution in [0.15, 0.2) is 0 Å². The smallest absolute Gasteiger partial charge is 0.316 e. The van der Waals surface area contributed by atoms with Crippen LogP contribution < -0.4 is 0 Å². The monoisotopic (exact) mass is 166 g/mol. The molecule has 0 bridgehead atoms. The fourth-order valence-corrected chi connectivity index (χ4v) is 0.378. The van der Waals surface area contributed by atoms with Gasteiger partial charge in [0, 0.05) is 0 Å². The second-order valence-electron chi connectivity index (χ2n) is 2.60. The number of hydrogen-bond donors (Lipinski definition) is 1. The number of hydrogen-bond acceptors (Lipinski definition) is 2. The summed E-state index contributed by atoms with van der Waals surface area (Å²) in [6.07, 6.45) is -3.22. The van der Waals surface area contributed by atoms with E-state index >= 15 is 0 Å². The number of aliphatic carboxylic acids is 1. The van der Waals surface area contributed by atoms with Gasteiger partial charge in [-0.1, -0.05) is 0 Å². The van der Waals surface area contributed by atoms with Gasteiger partial charge in [0.1, 0.15) is 5.41 Å². The molecule has 0 aromatic carbocycles. The molecule has 3 nitrogen and oxygen atoms in total. The molecule has 0 aliphatic carbocycles. The Morgan fingerprint density at radius 2 is 1.73 bits per heavy atom. The molecule has 0 atom stereocenters. The minimum absolute atomic E-state index is 0.948. The highest BCUT2D eigenvalue weighted by atomic mass is 19.3. The van der Waals surface area contributed by atoms with E-state index in [0.29, 0.717) is 0 Å². The number of carboxylic acids is 1. The van der Waals surface area contributed by atoms with E-state index in [1.54, 1.807) is 0 Å². The van der Waals surface area contributed by atoms with Crippen LogP contribution >= 0.6 is 0 Å². The van der Waals surface area contributed by atoms with E-state index in [0.717, 1.165) is 13.8 Å². The van der Waals surface area contributed by atoms with Crippen LogP contribution in [0.2, 0.25) is 0 Å². The first kappa shape index (κ1) is 10.0. The van der Waals surface area contributed by atoms with Crippen molar-refractivity contribution in [3.05, 3.63) is 0 Å². The summed E-state index contributed by atoms with van der Waals surface area (Å²) >= 11 is 0. The van der Waals surface area contributed by atoms with Crippen molar-refractivity contribution in [2.75, 3.05) is 0 Å². The van der Waals surface area contributed by atoms with Gasteiger partial charge in [-0.05, 0) is 13.8 Å². The number of alkyl halides is 2. The van der Waals surface area contributed by atoms with Gasteiger partial charge in [-0.25, -0.2) is 8.78 Å². The number of ketones is 1. The largest absolute Gasteiger partial charge is 0.481 e. The van der Waals surface area contributed by atoms with Gasteiger partial charge in [-0.3, -0.25) is 9.59 Å². The lowest BCUT2D eigenvalue weighted by Crippen LogP contribution is -2.37. The van der Waals surface area contributed by atoms with Crippen molar-refractivity contribution in [2.45, 2.75) is 20.3 Å². The van der Waals surface area contributed by atoms with Crippen LogP contribution in [-0.2, 0) is 9.59 Å². The lowest BCUT2D eigenvalue weighted by Gasteiger charge is -2.15. The quantitative estimate of drug-likeness (QED) is 0.634. The molecule has 0 aromatic heterocycles. The van der Waals surface area contributed by atoms with Crippen molar-refractivity contribution in [3.8, 4) is 0 Å². The summed E-state index contributed by atoms with van der Waals surface area (Å²) in [6.45, 7) is 1.90. The molecule has 11 heavy (non-hydrogen) atoms. The van der Waals surface area contributed by atoms with Gasteiger partial charge in [0.25, 0.3) is 6.43 Å². The highest BCUT2D eigenvalue weighted by Crippen LogP contribution is 2.20. The van der Waals surface area contributed by atoms with E-state index in [4.69, 9.17) is 5.11 Å². The average Bonchev–Trinajstić information content (AvgIpc) is 1.85. The Balaban J connectivity index is 4.56. The van der Waals surface area contributed by atoms with E-state index in [1.807, 2.05) is 0 Å². The van der Waals surface area contributed by atoms with Gasteiger partial charge < -0.3 is 5.11 Å². The van der Waals surface area contributed by atoms with Gasteiger partial charge in [0.2, 0.25) is 5.78 Å². The summed E-state index contributed by atoms with van der Waals surface area (Å²) in [5, 5.41) is 8.31. The van der Waals surface area contributed by atoms with Gasteiger partial charge in [0.05, 0.1) is 0 Å². The third kappa shape index (κ3) is 1.96. The Morgan fingerprint density at radius 1 is 1.36 bits per heavy atom. The Morgan fingerprint density at radius 3 is 1.82 bits per heavy atom. The molecule has 0 amide bonds. The summed E-state index contributed by atoms with van der Waals surface area (Å²) in [4.78, 5) is 20.7. The third-order valence-corrected chi connectivity index (χ3v) is 1.35. The van der Waals surface area contributed by atoms with Crippen molar-refractivity contribution >= 4 is 11.8 Å². The number of Topliss-reactive ketones (excluding diaryl/α,β-unsaturated/α-hetero) is 1. The Hall–Kier alpha value is -1.00. The molecule has 1 N–H and O–H groups in total. The number of halogens is 2. The van der Waals surface area contributed by atoms with Crippen molar-refractivity contribution in [2.24, 2.45) is 5.41 Å². The van der Waals surface area contributed by atoms with Crippen molar-refractivity contribution in [1.29, 1.82) is 0 Å². The van der Waals surface area contributed by atoms with E-state index in [-0.39, 0.29) is 0 Å². The van der Waals surface area contributed by atoms with Crippen LogP contribution in [-0.4, -0.2) is 23.3 Å². The zero-order valence-corrected chi connectivity index (χ0v) is 6.10. The second-order valence-corrected chi connectivity index (χ2v) is 2.60. The minimum Gasteiger partial charge on any atom is -0.481 e. The Kier molecular flexibility index (Phi) is 2.67. The zero-order valence-electron chi connectivity index (χ0n) is 6.10. The maximum Gasteiger partial charge on any atom is 0.316 e. The van der Waals surface area contributed by atoms with Crippen molar-refractivity contribution in [1.82, 2.24) is 0 Å². The van der Waals surface area contributed by atoms with Gasteiger partial charge >= 0.3 is 5.97 Å². The first-order valence-electron chi connectivity index (χ1n) is 2.86. The van der Waals surface area contributed by atoms with Crippen molar-refractivity contribution in [3.63, 3.8) is 0 Å². The molecule has 0 fully saturated rings. The maximum atomic E-state index is 11.7. The van der Waals surface area contributed by atoms with E-state index < -0.39 is 23.6 Å². The van der Waals surface area contributed by atoms with Crippen LogP contribution in [0, 0.1) is 5.41 Å². The highest BCUT2D eigenvalue weighted by molar-refractivity contribution is 6.03. The number of carboxylic acid groups (broad SMARTS) is 1. The van der Waals surface area contributed by atoms with E-state index in [1.165, 1.54) is 0 Å². The lowest BCUT2D eigenvalue weighted by atomic mass is 9.88. The lowest BCUT2D eigenvalue weighted by molar-refractivity contribution is -0.157. The number of carbonyl (C=O) groups excluding carboxylic acids is 1. The number of carbonyl (C=O) groups is 2. The van der Waals surface area contributed by atoms with Gasteiger partial charge in [0.15, 0.2) is 0 Å². The van der Waals surface area contributed by atoms with E-state index in [2.05, 4.69) is 0 Å². The predicted octanol–water partition coefficient (Wildman–Crippen LogP) is 0.931. The maximum absolute atomic E-state index is 11.7. The van der Waals surface area contributed by atoms with Gasteiger partial charge in [-0.2, -0.15) is 0 Å². The fraction of sp³-hybridized carbons (Fsp3) is 0.667. The topological polar surface area (TPSA) is 54.4 Å². The highest BCUT2D eigenvalue weighted by Gasteiger charge is 2.40. The summed E-state index contributed by atoms with van der Waals surface area (Å²) in [7, 11) is 0. The number of rotatable bonds is 3. The van der Waals surface area contributed by atoms with Crippen molar-refractivity contribution < 1.29 is 23.5 Å². The molecule has 0 aliphatic rings. The Labute approximate surface area is 62.0 Å². The summed E-state index contributed by atoms with van der Waals surface area (Å²) in [5.41, 5.74) is -1.99. The van der Waals surface area contributed by atoms with Gasteiger partial charge in [-0.15, -0.1) is 0 Å². The molecule has 0 saturated heterocycles. The summed E-state index contributed by atoms with van der Waals surface area (Å²) in [6, 6.07) is 0.